The molecule has 0 aliphatic heterocycles. The van der Waals surface area contributed by atoms with Crippen LogP contribution in [0.15, 0.2) is 60.7 Å². The van der Waals surface area contributed by atoms with E-state index in [1.807, 2.05) is 0 Å². The summed E-state index contributed by atoms with van der Waals surface area (Å²) < 4.78 is 0. The molecule has 0 saturated heterocycles. The fourth-order valence-electron chi connectivity index (χ4n) is 4.43. The first-order valence-electron chi connectivity index (χ1n) is 8.73. The molecule has 0 spiro atoms. The van der Waals surface area contributed by atoms with Crippen molar-refractivity contribution in [2.75, 3.05) is 0 Å². The van der Waals surface area contributed by atoms with Crippen molar-refractivity contribution < 1.29 is 51.0 Å². The summed E-state index contributed by atoms with van der Waals surface area (Å²) in [6.45, 7) is 0. The Labute approximate surface area is 188 Å². The number of fused-ring (bicyclic) bond motifs is 2. The second-order valence-corrected chi connectivity index (χ2v) is 7.28. The molecule has 0 aromatic heterocycles. The molecule has 5 rings (SSSR count). The van der Waals surface area contributed by atoms with Gasteiger partial charge in [0.25, 0.3) is 0 Å². The summed E-state index contributed by atoms with van der Waals surface area (Å²) in [6, 6.07) is 17.7. The molecule has 2 atom stereocenters. The zero-order valence-corrected chi connectivity index (χ0v) is 18.5. The van der Waals surface area contributed by atoms with E-state index in [1.54, 1.807) is 5.56 Å². The molecule has 0 bridgehead atoms. The third-order valence-corrected chi connectivity index (χ3v) is 5.97. The molecule has 1 radical (unpaired) electrons. The number of halogens is 2. The zero-order valence-electron chi connectivity index (χ0n) is 14.5. The molecule has 2 unspecified atom stereocenters. The Kier molecular flexibility index (Phi) is 7.17. The first-order valence-corrected chi connectivity index (χ1v) is 8.73. The van der Waals surface area contributed by atoms with Gasteiger partial charge in [-0.2, -0.15) is 6.42 Å². The molecule has 3 heteroatoms. The number of hydrogen-bond acceptors (Lipinski definition) is 0. The number of benzene rings is 2. The second kappa shape index (κ2) is 8.60. The summed E-state index contributed by atoms with van der Waals surface area (Å²) in [5.74, 6) is 1.12. The molecule has 0 amide bonds. The van der Waals surface area contributed by atoms with Gasteiger partial charge in [0.1, 0.15) is 0 Å². The fraction of sp³-hybridized carbons (Fsp3) is 0.261. The quantitative estimate of drug-likeness (QED) is 0.565. The molecule has 3 aliphatic rings. The molecular weight excluding hydrogens is 438 g/mol. The average Bonchev–Trinajstić information content (AvgIpc) is 3.08. The van der Waals surface area contributed by atoms with Gasteiger partial charge in [0.2, 0.25) is 0 Å². The Bertz CT molecular complexity index is 820. The molecule has 2 aromatic carbocycles. The van der Waals surface area contributed by atoms with E-state index in [0.29, 0.717) is 17.3 Å². The molecule has 26 heavy (non-hydrogen) atoms. The van der Waals surface area contributed by atoms with Gasteiger partial charge in [0.05, 0.1) is 0 Å². The van der Waals surface area contributed by atoms with Crippen LogP contribution in [0.4, 0.5) is 0 Å². The van der Waals surface area contributed by atoms with Crippen LogP contribution in [-0.4, -0.2) is 0 Å². The molecule has 2 aromatic rings. The van der Waals surface area contributed by atoms with Crippen molar-refractivity contribution in [1.29, 1.82) is 0 Å². The van der Waals surface area contributed by atoms with E-state index in [2.05, 4.69) is 79.3 Å². The molecule has 0 nitrogen and oxygen atoms in total. The van der Waals surface area contributed by atoms with Crippen molar-refractivity contribution in [3.8, 4) is 0 Å². The predicted octanol–water partition coefficient (Wildman–Crippen LogP) is -0.0123. The van der Waals surface area contributed by atoms with Crippen LogP contribution in [0.1, 0.15) is 53.4 Å². The maximum atomic E-state index is 2.56. The molecule has 1 fully saturated rings. The normalized spacial score (nSPS) is 22.5. The van der Waals surface area contributed by atoms with Crippen molar-refractivity contribution in [2.45, 2.75) is 31.1 Å². The minimum Gasteiger partial charge on any atom is -1.00 e. The molecule has 3 aliphatic carbocycles. The first-order chi connectivity index (χ1) is 11.4. The van der Waals surface area contributed by atoms with E-state index in [4.69, 9.17) is 0 Å². The van der Waals surface area contributed by atoms with Gasteiger partial charge in [-0.25, -0.2) is 0 Å². The maximum Gasteiger partial charge on any atom is 3.00 e. The van der Waals surface area contributed by atoms with Crippen LogP contribution in [-0.2, 0) is 26.2 Å². The molecule has 0 N–H and O–H groups in total. The molecule has 1 saturated carbocycles. The summed E-state index contributed by atoms with van der Waals surface area (Å²) in [6.07, 6.45) is 15.9. The van der Waals surface area contributed by atoms with E-state index in [-0.39, 0.29) is 51.0 Å². The Balaban J connectivity index is 0.000000810. The summed E-state index contributed by atoms with van der Waals surface area (Å²) in [7, 11) is 0. The van der Waals surface area contributed by atoms with Crippen molar-refractivity contribution in [3.05, 3.63) is 89.4 Å². The Hall–Kier alpha value is -0.617. The summed E-state index contributed by atoms with van der Waals surface area (Å²) >= 11 is 0. The van der Waals surface area contributed by atoms with Gasteiger partial charge < -0.3 is 31.2 Å². The topological polar surface area (TPSA) is 0 Å². The van der Waals surface area contributed by atoms with Crippen molar-refractivity contribution in [2.24, 2.45) is 5.41 Å². The van der Waals surface area contributed by atoms with Gasteiger partial charge in [0, 0.05) is 5.92 Å². The van der Waals surface area contributed by atoms with Gasteiger partial charge in [-0.15, -0.1) is 12.0 Å². The Morgan fingerprint density at radius 3 is 2.08 bits per heavy atom. The van der Waals surface area contributed by atoms with Gasteiger partial charge in [-0.05, 0) is 34.9 Å². The standard InChI is InChI=1S/C23H21.2ClH.Zr/c1-3-7-20-17(5-1)9-10-19(20)13-14-23(15-16-23)22-12-11-18-6-2-4-8-21(18)22;;;/h1-13,19,22H,14-16H2;2*1H;/q-1;;;+3/p-2. The second-order valence-electron chi connectivity index (χ2n) is 7.28. The van der Waals surface area contributed by atoms with Crippen LogP contribution < -0.4 is 24.8 Å². The van der Waals surface area contributed by atoms with Crippen LogP contribution in [0.5, 0.6) is 0 Å². The minimum absolute atomic E-state index is 0. The van der Waals surface area contributed by atoms with Gasteiger partial charge >= 0.3 is 26.2 Å². The van der Waals surface area contributed by atoms with Crippen LogP contribution in [0.25, 0.3) is 12.2 Å². The fourth-order valence-corrected chi connectivity index (χ4v) is 4.43. The monoisotopic (exact) mass is 457 g/mol. The maximum absolute atomic E-state index is 2.56. The summed E-state index contributed by atoms with van der Waals surface area (Å²) in [5.41, 5.74) is 6.32. The van der Waals surface area contributed by atoms with Crippen LogP contribution in [0.2, 0.25) is 0 Å². The Morgan fingerprint density at radius 1 is 0.808 bits per heavy atom. The van der Waals surface area contributed by atoms with Crippen molar-refractivity contribution >= 4 is 12.2 Å². The van der Waals surface area contributed by atoms with E-state index < -0.39 is 0 Å². The van der Waals surface area contributed by atoms with Crippen molar-refractivity contribution in [3.63, 3.8) is 0 Å². The van der Waals surface area contributed by atoms with Gasteiger partial charge in [0.15, 0.2) is 0 Å². The van der Waals surface area contributed by atoms with E-state index in [9.17, 15) is 0 Å². The Morgan fingerprint density at radius 2 is 1.38 bits per heavy atom. The van der Waals surface area contributed by atoms with E-state index in [0.717, 1.165) is 0 Å². The van der Waals surface area contributed by atoms with Crippen LogP contribution >= 0.6 is 0 Å². The third-order valence-electron chi connectivity index (χ3n) is 5.97. The molecule has 0 heterocycles. The largest absolute Gasteiger partial charge is 3.00 e. The SMILES string of the molecule is C1=CC([CH-]CC2(C3C=Cc4ccccc43)CC2)c2ccccc21.[Cl-].[Cl-].[Zr+3]. The zero-order chi connectivity index (χ0) is 15.3. The van der Waals surface area contributed by atoms with E-state index in [1.165, 1.54) is 36.0 Å². The third kappa shape index (κ3) is 3.69. The molecule has 131 valence electrons. The number of rotatable bonds is 4. The van der Waals surface area contributed by atoms with E-state index >= 15 is 0 Å². The first kappa shape index (κ1) is 21.7. The summed E-state index contributed by atoms with van der Waals surface area (Å²) in [5, 5.41) is 0. The van der Waals surface area contributed by atoms with Gasteiger partial charge in [-0.1, -0.05) is 72.3 Å². The van der Waals surface area contributed by atoms with Crippen LogP contribution in [0.3, 0.4) is 0 Å². The van der Waals surface area contributed by atoms with Crippen molar-refractivity contribution in [1.82, 2.24) is 0 Å². The van der Waals surface area contributed by atoms with Gasteiger partial charge in [-0.3, -0.25) is 0 Å². The smallest absolute Gasteiger partial charge is 1.00 e. The predicted molar refractivity (Wildman–Crippen MR) is 97.0 cm³/mol. The number of hydrogen-bond donors (Lipinski definition) is 0. The summed E-state index contributed by atoms with van der Waals surface area (Å²) in [4.78, 5) is 0. The average molecular weight is 460 g/mol. The molecular formula is C23H21Cl2Zr. The van der Waals surface area contributed by atoms with Crippen LogP contribution in [0, 0.1) is 11.8 Å². The minimum atomic E-state index is 0. The number of allylic oxidation sites excluding steroid dienone is 2.